The Kier molecular flexibility index (Phi) is 1.86. The molecule has 0 aliphatic heterocycles. The highest BCUT2D eigenvalue weighted by Gasteiger charge is 2.17. The second-order valence-electron chi connectivity index (χ2n) is 2.85. The van der Waals surface area contributed by atoms with Crippen molar-refractivity contribution in [2.24, 2.45) is 0 Å². The maximum atomic E-state index is 10.8. The number of nitro groups is 1. The number of hydrogen-bond donors (Lipinski definition) is 2. The molecule has 0 aliphatic rings. The number of H-pyrrole nitrogens is 1. The van der Waals surface area contributed by atoms with Crippen molar-refractivity contribution in [1.82, 2.24) is 9.97 Å². The summed E-state index contributed by atoms with van der Waals surface area (Å²) in [6.45, 7) is 0. The zero-order valence-corrected chi connectivity index (χ0v) is 7.30. The summed E-state index contributed by atoms with van der Waals surface area (Å²) in [6, 6.07) is 2.24. The molecule has 0 spiro atoms. The lowest BCUT2D eigenvalue weighted by atomic mass is 10.1. The molecule has 2 aromatic rings. The number of aromatic nitrogens is 2. The maximum absolute atomic E-state index is 10.8. The molecule has 76 valence electrons. The second-order valence-corrected chi connectivity index (χ2v) is 2.85. The molecule has 7 heteroatoms. The Balaban J connectivity index is 2.80. The number of nitrogens with zero attached hydrogens (tertiary/aromatic N) is 2. The standard InChI is InChI=1S/C8H5N3O4/c12-8(13)5-1-4(11(14)15)2-6-7(5)10-3-9-6/h1-3H,(H,9,10)(H,12,13). The molecule has 1 heterocycles. The smallest absolute Gasteiger partial charge is 0.338 e. The molecule has 0 saturated heterocycles. The van der Waals surface area contributed by atoms with Crippen molar-refractivity contribution < 1.29 is 14.8 Å². The van der Waals surface area contributed by atoms with E-state index in [9.17, 15) is 14.9 Å². The van der Waals surface area contributed by atoms with Gasteiger partial charge in [0.05, 0.1) is 22.3 Å². The van der Waals surface area contributed by atoms with Gasteiger partial charge in [-0.2, -0.15) is 0 Å². The molecule has 0 amide bonds. The Morgan fingerprint density at radius 2 is 2.27 bits per heavy atom. The normalized spacial score (nSPS) is 10.4. The van der Waals surface area contributed by atoms with Gasteiger partial charge in [-0.15, -0.1) is 0 Å². The van der Waals surface area contributed by atoms with Gasteiger partial charge in [0.2, 0.25) is 0 Å². The number of fused-ring (bicyclic) bond motifs is 1. The SMILES string of the molecule is O=C(O)c1cc([N+](=O)[O-])cc2[nH]cnc12. The molecule has 2 N–H and O–H groups in total. The number of carbonyl (C=O) groups is 1. The van der Waals surface area contributed by atoms with Crippen molar-refractivity contribution in [3.8, 4) is 0 Å². The third-order valence-electron chi connectivity index (χ3n) is 1.95. The maximum Gasteiger partial charge on any atom is 0.338 e. The van der Waals surface area contributed by atoms with E-state index in [1.54, 1.807) is 0 Å². The Bertz CT molecular complexity index is 560. The number of benzene rings is 1. The highest BCUT2D eigenvalue weighted by atomic mass is 16.6. The fourth-order valence-corrected chi connectivity index (χ4v) is 1.30. The summed E-state index contributed by atoms with van der Waals surface area (Å²) < 4.78 is 0. The average Bonchev–Trinajstić information content (AvgIpc) is 2.62. The quantitative estimate of drug-likeness (QED) is 0.567. The number of imidazole rings is 1. The zero-order valence-electron chi connectivity index (χ0n) is 7.30. The van der Waals surface area contributed by atoms with Crippen LogP contribution in [-0.4, -0.2) is 26.0 Å². The number of rotatable bonds is 2. The molecular weight excluding hydrogens is 202 g/mol. The van der Waals surface area contributed by atoms with Crippen molar-refractivity contribution in [2.45, 2.75) is 0 Å². The fourth-order valence-electron chi connectivity index (χ4n) is 1.30. The number of aromatic amines is 1. The average molecular weight is 207 g/mol. The van der Waals surface area contributed by atoms with E-state index in [-0.39, 0.29) is 16.8 Å². The molecule has 15 heavy (non-hydrogen) atoms. The molecule has 1 aromatic carbocycles. The molecule has 0 radical (unpaired) electrons. The van der Waals surface area contributed by atoms with E-state index in [0.717, 1.165) is 6.07 Å². The number of nitrogens with one attached hydrogen (secondary N) is 1. The predicted octanol–water partition coefficient (Wildman–Crippen LogP) is 1.17. The fraction of sp³-hybridized carbons (Fsp3) is 0. The molecule has 0 saturated carbocycles. The van der Waals surface area contributed by atoms with Gasteiger partial charge < -0.3 is 10.1 Å². The minimum absolute atomic E-state index is 0.180. The lowest BCUT2D eigenvalue weighted by molar-refractivity contribution is -0.384. The van der Waals surface area contributed by atoms with Gasteiger partial charge in [0.15, 0.2) is 0 Å². The van der Waals surface area contributed by atoms with Gasteiger partial charge in [0.25, 0.3) is 5.69 Å². The van der Waals surface area contributed by atoms with Crippen LogP contribution in [0.15, 0.2) is 18.5 Å². The summed E-state index contributed by atoms with van der Waals surface area (Å²) in [5, 5.41) is 19.4. The number of non-ortho nitro benzene ring substituents is 1. The monoisotopic (exact) mass is 207 g/mol. The third kappa shape index (κ3) is 1.39. The summed E-state index contributed by atoms with van der Waals surface area (Å²) >= 11 is 0. The van der Waals surface area contributed by atoms with Gasteiger partial charge >= 0.3 is 5.97 Å². The van der Waals surface area contributed by atoms with Crippen LogP contribution in [0.1, 0.15) is 10.4 Å². The van der Waals surface area contributed by atoms with Crippen LogP contribution in [0.3, 0.4) is 0 Å². The first kappa shape index (κ1) is 9.13. The van der Waals surface area contributed by atoms with E-state index in [4.69, 9.17) is 5.11 Å². The summed E-state index contributed by atoms with van der Waals surface area (Å²) in [6.07, 6.45) is 1.29. The van der Waals surface area contributed by atoms with Crippen LogP contribution in [0, 0.1) is 10.1 Å². The van der Waals surface area contributed by atoms with Crippen molar-refractivity contribution >= 4 is 22.7 Å². The molecule has 7 nitrogen and oxygen atoms in total. The Hall–Kier alpha value is -2.44. The first-order valence-corrected chi connectivity index (χ1v) is 3.94. The van der Waals surface area contributed by atoms with Crippen LogP contribution in [0.25, 0.3) is 11.0 Å². The van der Waals surface area contributed by atoms with Crippen LogP contribution in [-0.2, 0) is 0 Å². The van der Waals surface area contributed by atoms with Crippen LogP contribution in [0.4, 0.5) is 5.69 Å². The summed E-state index contributed by atoms with van der Waals surface area (Å²) in [4.78, 5) is 27.1. The molecule has 0 bridgehead atoms. The van der Waals surface area contributed by atoms with E-state index in [2.05, 4.69) is 9.97 Å². The third-order valence-corrected chi connectivity index (χ3v) is 1.95. The van der Waals surface area contributed by atoms with Crippen molar-refractivity contribution in [3.63, 3.8) is 0 Å². The van der Waals surface area contributed by atoms with E-state index >= 15 is 0 Å². The lowest BCUT2D eigenvalue weighted by Crippen LogP contribution is -1.99. The van der Waals surface area contributed by atoms with E-state index in [1.807, 2.05) is 0 Å². The van der Waals surface area contributed by atoms with Gasteiger partial charge in [-0.3, -0.25) is 10.1 Å². The first-order chi connectivity index (χ1) is 7.09. The highest BCUT2D eigenvalue weighted by Crippen LogP contribution is 2.22. The van der Waals surface area contributed by atoms with Crippen molar-refractivity contribution in [1.29, 1.82) is 0 Å². The van der Waals surface area contributed by atoms with E-state index in [1.165, 1.54) is 12.4 Å². The molecule has 1 aromatic heterocycles. The molecule has 0 fully saturated rings. The minimum atomic E-state index is -1.24. The highest BCUT2D eigenvalue weighted by molar-refractivity contribution is 6.01. The predicted molar refractivity (Wildman–Crippen MR) is 49.7 cm³/mol. The molecule has 0 unspecified atom stereocenters. The first-order valence-electron chi connectivity index (χ1n) is 3.94. The van der Waals surface area contributed by atoms with Crippen molar-refractivity contribution in [3.05, 3.63) is 34.1 Å². The van der Waals surface area contributed by atoms with Crippen molar-refractivity contribution in [2.75, 3.05) is 0 Å². The Labute approximate surface area is 82.5 Å². The van der Waals surface area contributed by atoms with Crippen LogP contribution in [0.2, 0.25) is 0 Å². The summed E-state index contributed by atoms with van der Waals surface area (Å²) in [7, 11) is 0. The second kappa shape index (κ2) is 3.05. The van der Waals surface area contributed by atoms with Crippen LogP contribution in [0.5, 0.6) is 0 Å². The lowest BCUT2D eigenvalue weighted by Gasteiger charge is -1.96. The molecule has 0 aliphatic carbocycles. The minimum Gasteiger partial charge on any atom is -0.478 e. The van der Waals surface area contributed by atoms with Gasteiger partial charge in [0, 0.05) is 12.1 Å². The van der Waals surface area contributed by atoms with E-state index < -0.39 is 10.9 Å². The van der Waals surface area contributed by atoms with Gasteiger partial charge in [-0.25, -0.2) is 9.78 Å². The molecular formula is C8H5N3O4. The van der Waals surface area contributed by atoms with Gasteiger partial charge in [-0.05, 0) is 0 Å². The molecule has 0 atom stereocenters. The van der Waals surface area contributed by atoms with Gasteiger partial charge in [0.1, 0.15) is 5.52 Å². The number of nitro benzene ring substituents is 1. The topological polar surface area (TPSA) is 109 Å². The van der Waals surface area contributed by atoms with E-state index in [0.29, 0.717) is 5.52 Å². The number of aromatic carboxylic acids is 1. The Morgan fingerprint density at radius 3 is 2.87 bits per heavy atom. The number of carboxylic acid groups (broad SMARTS) is 1. The summed E-state index contributed by atoms with van der Waals surface area (Å²) in [5.41, 5.74) is 0.0966. The molecule has 2 rings (SSSR count). The Morgan fingerprint density at radius 1 is 1.53 bits per heavy atom. The van der Waals surface area contributed by atoms with Crippen LogP contribution < -0.4 is 0 Å². The number of carboxylic acids is 1. The van der Waals surface area contributed by atoms with Crippen LogP contribution >= 0.6 is 0 Å². The van der Waals surface area contributed by atoms with Gasteiger partial charge in [-0.1, -0.05) is 0 Å². The zero-order chi connectivity index (χ0) is 11.0. The summed E-state index contributed by atoms with van der Waals surface area (Å²) in [5.74, 6) is -1.24. The number of hydrogen-bond acceptors (Lipinski definition) is 4. The largest absolute Gasteiger partial charge is 0.478 e.